The van der Waals surface area contributed by atoms with Gasteiger partial charge < -0.3 is 4.74 Å². The van der Waals surface area contributed by atoms with Crippen LogP contribution in [0.15, 0.2) is 41.5 Å². The molecule has 0 radical (unpaired) electrons. The van der Waals surface area contributed by atoms with Gasteiger partial charge in [0.1, 0.15) is 5.82 Å². The highest BCUT2D eigenvalue weighted by Crippen LogP contribution is 2.38. The summed E-state index contributed by atoms with van der Waals surface area (Å²) in [6, 6.07) is 5.69. The summed E-state index contributed by atoms with van der Waals surface area (Å²) in [4.78, 5) is 20.9. The minimum absolute atomic E-state index is 0.0164. The molecule has 1 fully saturated rings. The molecule has 0 spiro atoms. The van der Waals surface area contributed by atoms with Gasteiger partial charge in [-0.25, -0.2) is 14.2 Å². The number of halogens is 2. The quantitative estimate of drug-likeness (QED) is 0.497. The van der Waals surface area contributed by atoms with Gasteiger partial charge in [0, 0.05) is 49.0 Å². The van der Waals surface area contributed by atoms with Gasteiger partial charge in [-0.3, -0.25) is 14.1 Å². The first kappa shape index (κ1) is 17.9. The van der Waals surface area contributed by atoms with Gasteiger partial charge in [0.2, 0.25) is 5.95 Å². The minimum Gasteiger partial charge on any atom is -0.381 e. The van der Waals surface area contributed by atoms with Crippen LogP contribution in [0, 0.1) is 11.8 Å². The molecule has 3 aromatic heterocycles. The fraction of sp³-hybridized carbons (Fsp3) is 0.286. The molecule has 1 aliphatic rings. The average Bonchev–Trinajstić information content (AvgIpc) is 2.93. The summed E-state index contributed by atoms with van der Waals surface area (Å²) in [6.07, 6.45) is 4.51. The predicted molar refractivity (Wildman–Crippen MR) is 105 cm³/mol. The molecular weight excluding hydrogens is 378 g/mol. The Labute approximate surface area is 164 Å². The highest BCUT2D eigenvalue weighted by atomic mass is 19.1. The van der Waals surface area contributed by atoms with E-state index in [1.807, 2.05) is 0 Å². The molecule has 29 heavy (non-hydrogen) atoms. The second kappa shape index (κ2) is 6.45. The van der Waals surface area contributed by atoms with Crippen molar-refractivity contribution in [1.29, 1.82) is 0 Å². The first-order chi connectivity index (χ1) is 14.0. The molecule has 3 heterocycles. The molecule has 0 bridgehead atoms. The number of ether oxygens (including phenoxy) is 1. The van der Waals surface area contributed by atoms with E-state index < -0.39 is 11.8 Å². The van der Waals surface area contributed by atoms with Crippen LogP contribution in [0.3, 0.4) is 0 Å². The molecule has 6 nitrogen and oxygen atoms in total. The van der Waals surface area contributed by atoms with Gasteiger partial charge in [0.05, 0.1) is 28.9 Å². The van der Waals surface area contributed by atoms with Crippen LogP contribution in [0.1, 0.15) is 18.9 Å². The normalized spacial score (nSPS) is 19.0. The predicted octanol–water partition coefficient (Wildman–Crippen LogP) is 3.58. The lowest BCUT2D eigenvalue weighted by atomic mass is 9.89. The van der Waals surface area contributed by atoms with E-state index in [1.165, 1.54) is 24.4 Å². The lowest BCUT2D eigenvalue weighted by molar-refractivity contribution is 0.00635. The zero-order valence-corrected chi connectivity index (χ0v) is 15.9. The van der Waals surface area contributed by atoms with E-state index in [2.05, 4.69) is 9.97 Å². The Morgan fingerprint density at radius 3 is 2.62 bits per heavy atom. The van der Waals surface area contributed by atoms with Crippen LogP contribution >= 0.6 is 0 Å². The van der Waals surface area contributed by atoms with Gasteiger partial charge in [-0.1, -0.05) is 0 Å². The molecule has 0 N–H and O–H groups in total. The first-order valence-electron chi connectivity index (χ1n) is 9.32. The molecule has 0 saturated heterocycles. The molecule has 0 unspecified atom stereocenters. The highest BCUT2D eigenvalue weighted by molar-refractivity contribution is 6.04. The Balaban J connectivity index is 1.79. The van der Waals surface area contributed by atoms with Gasteiger partial charge in [0.15, 0.2) is 0 Å². The first-order valence-corrected chi connectivity index (χ1v) is 9.32. The average molecular weight is 396 g/mol. The van der Waals surface area contributed by atoms with Gasteiger partial charge >= 0.3 is 5.69 Å². The van der Waals surface area contributed by atoms with Crippen molar-refractivity contribution >= 4 is 21.9 Å². The molecule has 1 saturated carbocycles. The van der Waals surface area contributed by atoms with Crippen molar-refractivity contribution in [3.05, 3.63) is 58.9 Å². The Kier molecular flexibility index (Phi) is 3.99. The third-order valence-electron chi connectivity index (χ3n) is 5.81. The smallest absolute Gasteiger partial charge is 0.329 e. The third kappa shape index (κ3) is 2.66. The van der Waals surface area contributed by atoms with Crippen molar-refractivity contribution in [2.24, 2.45) is 7.05 Å². The highest BCUT2D eigenvalue weighted by Gasteiger charge is 2.33. The summed E-state index contributed by atoms with van der Waals surface area (Å²) in [6.45, 7) is 0. The number of imidazole rings is 1. The Morgan fingerprint density at radius 2 is 1.93 bits per heavy atom. The third-order valence-corrected chi connectivity index (χ3v) is 5.81. The second-order valence-corrected chi connectivity index (χ2v) is 7.41. The van der Waals surface area contributed by atoms with E-state index in [0.29, 0.717) is 22.0 Å². The van der Waals surface area contributed by atoms with Crippen molar-refractivity contribution < 1.29 is 13.5 Å². The minimum atomic E-state index is -0.631. The van der Waals surface area contributed by atoms with E-state index >= 15 is 0 Å². The summed E-state index contributed by atoms with van der Waals surface area (Å²) in [5.41, 5.74) is 2.46. The monoisotopic (exact) mass is 396 g/mol. The Hall–Kier alpha value is -3.13. The number of rotatable bonds is 3. The second-order valence-electron chi connectivity index (χ2n) is 7.41. The van der Waals surface area contributed by atoms with Crippen molar-refractivity contribution in [2.75, 3.05) is 7.11 Å². The van der Waals surface area contributed by atoms with E-state index in [1.54, 1.807) is 35.6 Å². The van der Waals surface area contributed by atoms with Crippen molar-refractivity contribution in [3.8, 4) is 11.1 Å². The van der Waals surface area contributed by atoms with Crippen molar-refractivity contribution in [2.45, 2.75) is 25.0 Å². The Morgan fingerprint density at radius 1 is 1.14 bits per heavy atom. The molecule has 1 aromatic carbocycles. The summed E-state index contributed by atoms with van der Waals surface area (Å²) in [5, 5.41) is 0.668. The van der Waals surface area contributed by atoms with Gasteiger partial charge in [-0.05, 0) is 31.0 Å². The standard InChI is InChI=1S/C21H18F2N4O2/c1-26-18-10-24-17-8-16(22)14(11-3-4-19(23)25-9-11)7-15(17)20(18)27(21(26)28)12-5-13(6-12)29-2/h3-4,7-10,12-13H,5-6H2,1-2H3/t12-,13+. The number of benzene rings is 1. The molecule has 1 aliphatic carbocycles. The topological polar surface area (TPSA) is 61.9 Å². The van der Waals surface area contributed by atoms with Crippen LogP contribution in [0.2, 0.25) is 0 Å². The van der Waals surface area contributed by atoms with E-state index in [-0.39, 0.29) is 23.4 Å². The zero-order chi connectivity index (χ0) is 20.3. The molecule has 4 aromatic rings. The fourth-order valence-corrected chi connectivity index (χ4v) is 4.08. The van der Waals surface area contributed by atoms with Gasteiger partial charge in [-0.15, -0.1) is 0 Å². The summed E-state index contributed by atoms with van der Waals surface area (Å²) in [7, 11) is 3.37. The largest absolute Gasteiger partial charge is 0.381 e. The van der Waals surface area contributed by atoms with Crippen LogP contribution in [-0.2, 0) is 11.8 Å². The lowest BCUT2D eigenvalue weighted by Gasteiger charge is -2.34. The molecule has 8 heteroatoms. The summed E-state index contributed by atoms with van der Waals surface area (Å²) in [5.74, 6) is -1.11. The number of fused-ring (bicyclic) bond motifs is 3. The van der Waals surface area contributed by atoms with E-state index in [4.69, 9.17) is 4.74 Å². The maximum Gasteiger partial charge on any atom is 0.329 e. The zero-order valence-electron chi connectivity index (χ0n) is 15.9. The summed E-state index contributed by atoms with van der Waals surface area (Å²) >= 11 is 0. The number of hydrogen-bond acceptors (Lipinski definition) is 4. The van der Waals surface area contributed by atoms with E-state index in [0.717, 1.165) is 18.4 Å². The number of aryl methyl sites for hydroxylation is 1. The SMILES string of the molecule is CO[C@H]1C[C@@H](n2c(=O)n(C)c3cnc4cc(F)c(-c5ccc(F)nc5)cc4c32)C1. The molecule has 0 aliphatic heterocycles. The van der Waals surface area contributed by atoms with Crippen LogP contribution in [0.4, 0.5) is 8.78 Å². The molecule has 148 valence electrons. The fourth-order valence-electron chi connectivity index (χ4n) is 4.08. The van der Waals surface area contributed by atoms with Crippen LogP contribution in [-0.4, -0.2) is 32.3 Å². The number of aromatic nitrogens is 4. The number of pyridine rings is 2. The van der Waals surface area contributed by atoms with E-state index in [9.17, 15) is 13.6 Å². The lowest BCUT2D eigenvalue weighted by Crippen LogP contribution is -2.37. The van der Waals surface area contributed by atoms with Crippen molar-refractivity contribution in [3.63, 3.8) is 0 Å². The van der Waals surface area contributed by atoms with Gasteiger partial charge in [0.25, 0.3) is 0 Å². The van der Waals surface area contributed by atoms with Crippen molar-refractivity contribution in [1.82, 2.24) is 19.1 Å². The maximum atomic E-state index is 14.8. The molecule has 0 amide bonds. The number of nitrogens with zero attached hydrogens (tertiary/aromatic N) is 4. The number of methoxy groups -OCH3 is 1. The maximum absolute atomic E-state index is 14.8. The molecular formula is C21H18F2N4O2. The molecule has 5 rings (SSSR count). The number of hydrogen-bond donors (Lipinski definition) is 0. The molecule has 0 atom stereocenters. The van der Waals surface area contributed by atoms with Crippen LogP contribution in [0.5, 0.6) is 0 Å². The van der Waals surface area contributed by atoms with Crippen LogP contribution in [0.25, 0.3) is 33.1 Å². The van der Waals surface area contributed by atoms with Crippen LogP contribution < -0.4 is 5.69 Å². The Bertz CT molecular complexity index is 1300. The van der Waals surface area contributed by atoms with Gasteiger partial charge in [-0.2, -0.15) is 4.39 Å². The summed E-state index contributed by atoms with van der Waals surface area (Å²) < 4.78 is 36.7.